The van der Waals surface area contributed by atoms with Crippen molar-refractivity contribution in [1.29, 1.82) is 0 Å². The molecule has 0 aliphatic rings. The molecule has 0 amide bonds. The molecule has 1 unspecified atom stereocenters. The summed E-state index contributed by atoms with van der Waals surface area (Å²) in [6.07, 6.45) is 4.15. The van der Waals surface area contributed by atoms with Crippen LogP contribution < -0.4 is 0 Å². The minimum Gasteiger partial charge on any atom is -0.0776 e. The van der Waals surface area contributed by atoms with E-state index in [0.29, 0.717) is 0 Å². The summed E-state index contributed by atoms with van der Waals surface area (Å²) in [5.41, 5.74) is 0. The van der Waals surface area contributed by atoms with Gasteiger partial charge in [-0.3, -0.25) is 0 Å². The van der Waals surface area contributed by atoms with E-state index in [-0.39, 0.29) is 7.43 Å². The molecule has 0 heteroatoms. The van der Waals surface area contributed by atoms with Crippen molar-refractivity contribution in [2.45, 2.75) is 54.4 Å². The van der Waals surface area contributed by atoms with Gasteiger partial charge in [0.2, 0.25) is 0 Å². The van der Waals surface area contributed by atoms with Gasteiger partial charge in [0.05, 0.1) is 0 Å². The maximum atomic E-state index is 2.34. The molecule has 0 aromatic rings. The molecular formula is C10H24. The fourth-order valence-electron chi connectivity index (χ4n) is 0.822. The van der Waals surface area contributed by atoms with Gasteiger partial charge in [-0.05, 0) is 11.8 Å². The average Bonchev–Trinajstić information content (AvgIpc) is 1.83. The van der Waals surface area contributed by atoms with Crippen molar-refractivity contribution < 1.29 is 0 Å². The highest BCUT2D eigenvalue weighted by Crippen LogP contribution is 2.13. The lowest BCUT2D eigenvalue weighted by Crippen LogP contribution is -1.95. The van der Waals surface area contributed by atoms with Crippen molar-refractivity contribution in [3.8, 4) is 0 Å². The average molecular weight is 144 g/mol. The van der Waals surface area contributed by atoms with Crippen LogP contribution in [0.5, 0.6) is 0 Å². The van der Waals surface area contributed by atoms with E-state index < -0.39 is 0 Å². The monoisotopic (exact) mass is 144 g/mol. The molecule has 0 nitrogen and oxygen atoms in total. The molecule has 0 spiro atoms. The van der Waals surface area contributed by atoms with Gasteiger partial charge < -0.3 is 0 Å². The van der Waals surface area contributed by atoms with Crippen LogP contribution in [-0.4, -0.2) is 0 Å². The first kappa shape index (κ1) is 12.7. The van der Waals surface area contributed by atoms with Gasteiger partial charge in [0.25, 0.3) is 0 Å². The summed E-state index contributed by atoms with van der Waals surface area (Å²) < 4.78 is 0. The molecule has 0 N–H and O–H groups in total. The number of hydrogen-bond donors (Lipinski definition) is 0. The van der Waals surface area contributed by atoms with Crippen LogP contribution in [0.2, 0.25) is 0 Å². The van der Waals surface area contributed by atoms with Gasteiger partial charge in [-0.2, -0.15) is 0 Å². The molecule has 0 rings (SSSR count). The Labute approximate surface area is 67.0 Å². The molecule has 0 bridgehead atoms. The van der Waals surface area contributed by atoms with Crippen molar-refractivity contribution in [1.82, 2.24) is 0 Å². The zero-order valence-electron chi connectivity index (χ0n) is 7.28. The number of hydrogen-bond acceptors (Lipinski definition) is 0. The molecule has 0 aromatic heterocycles. The lowest BCUT2D eigenvalue weighted by Gasteiger charge is -2.09. The van der Waals surface area contributed by atoms with Crippen molar-refractivity contribution in [2.75, 3.05) is 0 Å². The van der Waals surface area contributed by atoms with Crippen LogP contribution in [0, 0.1) is 11.8 Å². The molecule has 1 atom stereocenters. The Balaban J connectivity index is 0. The minimum absolute atomic E-state index is 0. The zero-order chi connectivity index (χ0) is 7.28. The minimum atomic E-state index is 0. The van der Waals surface area contributed by atoms with Crippen molar-refractivity contribution in [2.24, 2.45) is 11.8 Å². The topological polar surface area (TPSA) is 0 Å². The zero-order valence-corrected chi connectivity index (χ0v) is 7.28. The van der Waals surface area contributed by atoms with Crippen molar-refractivity contribution in [3.63, 3.8) is 0 Å². The molecule has 0 saturated carbocycles. The molecule has 0 aromatic carbocycles. The van der Waals surface area contributed by atoms with Crippen molar-refractivity contribution in [3.05, 3.63) is 0 Å². The van der Waals surface area contributed by atoms with Crippen LogP contribution in [0.15, 0.2) is 0 Å². The first-order valence-corrected chi connectivity index (χ1v) is 4.16. The maximum Gasteiger partial charge on any atom is -0.0445 e. The predicted molar refractivity (Wildman–Crippen MR) is 50.3 cm³/mol. The maximum absolute atomic E-state index is 2.34. The van der Waals surface area contributed by atoms with Crippen molar-refractivity contribution >= 4 is 0 Å². The molecule has 0 aliphatic carbocycles. The summed E-state index contributed by atoms with van der Waals surface area (Å²) >= 11 is 0. The fraction of sp³-hybridized carbons (Fsp3) is 1.00. The highest BCUT2D eigenvalue weighted by molar-refractivity contribution is 4.52. The highest BCUT2D eigenvalue weighted by Gasteiger charge is 1.99. The number of rotatable bonds is 4. The van der Waals surface area contributed by atoms with E-state index in [1.807, 2.05) is 0 Å². The van der Waals surface area contributed by atoms with Gasteiger partial charge in [-0.25, -0.2) is 0 Å². The van der Waals surface area contributed by atoms with Crippen LogP contribution in [0.1, 0.15) is 54.4 Å². The lowest BCUT2D eigenvalue weighted by molar-refractivity contribution is 0.441. The molecule has 0 radical (unpaired) electrons. The predicted octanol–water partition coefficient (Wildman–Crippen LogP) is 4.10. The Bertz CT molecular complexity index is 55.1. The van der Waals surface area contributed by atoms with Gasteiger partial charge >= 0.3 is 0 Å². The van der Waals surface area contributed by atoms with E-state index in [0.717, 1.165) is 11.8 Å². The van der Waals surface area contributed by atoms with Gasteiger partial charge in [0, 0.05) is 0 Å². The first-order valence-electron chi connectivity index (χ1n) is 4.16. The third kappa shape index (κ3) is 8.00. The van der Waals surface area contributed by atoms with Crippen LogP contribution in [0.3, 0.4) is 0 Å². The molecule has 0 saturated heterocycles. The van der Waals surface area contributed by atoms with E-state index in [9.17, 15) is 0 Å². The molecule has 0 heterocycles. The summed E-state index contributed by atoms with van der Waals surface area (Å²) in [5.74, 6) is 1.83. The third-order valence-electron chi connectivity index (χ3n) is 1.93. The summed E-state index contributed by atoms with van der Waals surface area (Å²) in [5, 5.41) is 0. The Hall–Kier alpha value is 0. The van der Waals surface area contributed by atoms with Crippen LogP contribution >= 0.6 is 0 Å². The quantitative estimate of drug-likeness (QED) is 0.557. The molecule has 64 valence electrons. The lowest BCUT2D eigenvalue weighted by atomic mass is 9.98. The van der Waals surface area contributed by atoms with E-state index in [2.05, 4.69) is 27.7 Å². The van der Waals surface area contributed by atoms with Gasteiger partial charge in [-0.15, -0.1) is 0 Å². The largest absolute Gasteiger partial charge is 0.0776 e. The van der Waals surface area contributed by atoms with Gasteiger partial charge in [0.1, 0.15) is 0 Å². The van der Waals surface area contributed by atoms with E-state index in [1.165, 1.54) is 19.3 Å². The molecular weight excluding hydrogens is 120 g/mol. The Kier molecular flexibility index (Phi) is 9.00. The van der Waals surface area contributed by atoms with E-state index in [1.54, 1.807) is 0 Å². The fourth-order valence-corrected chi connectivity index (χ4v) is 0.822. The second-order valence-corrected chi connectivity index (χ2v) is 3.48. The Morgan fingerprint density at radius 2 is 1.50 bits per heavy atom. The Morgan fingerprint density at radius 3 is 1.80 bits per heavy atom. The standard InChI is InChI=1S/C9H20.CH4/c1-5-9(4)7-6-8(2)3;/h8-9H,5-7H2,1-4H3;1H4. The Morgan fingerprint density at radius 1 is 1.00 bits per heavy atom. The van der Waals surface area contributed by atoms with Crippen LogP contribution in [0.25, 0.3) is 0 Å². The first-order chi connectivity index (χ1) is 4.16. The third-order valence-corrected chi connectivity index (χ3v) is 1.93. The van der Waals surface area contributed by atoms with E-state index >= 15 is 0 Å². The van der Waals surface area contributed by atoms with Crippen LogP contribution in [0.4, 0.5) is 0 Å². The summed E-state index contributed by atoms with van der Waals surface area (Å²) in [6.45, 7) is 9.19. The smallest absolute Gasteiger partial charge is 0.0445 e. The van der Waals surface area contributed by atoms with Gasteiger partial charge in [0.15, 0.2) is 0 Å². The second kappa shape index (κ2) is 7.11. The SMILES string of the molecule is C.CCC(C)CCC(C)C. The summed E-state index contributed by atoms with van der Waals surface area (Å²) in [4.78, 5) is 0. The van der Waals surface area contributed by atoms with Gasteiger partial charge in [-0.1, -0.05) is 54.4 Å². The van der Waals surface area contributed by atoms with E-state index in [4.69, 9.17) is 0 Å². The summed E-state index contributed by atoms with van der Waals surface area (Å²) in [7, 11) is 0. The molecule has 0 fully saturated rings. The normalized spacial score (nSPS) is 12.9. The van der Waals surface area contributed by atoms with Crippen LogP contribution in [-0.2, 0) is 0 Å². The second-order valence-electron chi connectivity index (χ2n) is 3.48. The molecule has 10 heavy (non-hydrogen) atoms. The summed E-state index contributed by atoms with van der Waals surface area (Å²) in [6, 6.07) is 0. The highest BCUT2D eigenvalue weighted by atomic mass is 14.1. The molecule has 0 aliphatic heterocycles.